The largest absolute Gasteiger partial charge is 0.497 e. The molecule has 0 aliphatic carbocycles. The molecule has 2 rings (SSSR count). The van der Waals surface area contributed by atoms with Gasteiger partial charge in [-0.15, -0.1) is 0 Å². The molecule has 0 saturated carbocycles. The topological polar surface area (TPSA) is 37.4 Å². The summed E-state index contributed by atoms with van der Waals surface area (Å²) in [4.78, 5) is 6.83. The Kier molecular flexibility index (Phi) is 3.90. The van der Waals surface area contributed by atoms with Gasteiger partial charge in [0.25, 0.3) is 0 Å². The summed E-state index contributed by atoms with van der Waals surface area (Å²) in [5.41, 5.74) is 4.50. The van der Waals surface area contributed by atoms with Gasteiger partial charge in [-0.3, -0.25) is 4.98 Å². The van der Waals surface area contributed by atoms with E-state index in [1.54, 1.807) is 7.11 Å². The molecule has 0 aliphatic heterocycles. The Labute approximate surface area is 114 Å². The molecule has 0 amide bonds. The van der Waals surface area contributed by atoms with Crippen molar-refractivity contribution in [3.63, 3.8) is 0 Å². The Balaban J connectivity index is 2.79. The van der Waals surface area contributed by atoms with Crippen molar-refractivity contribution in [1.82, 2.24) is 10.3 Å². The van der Waals surface area contributed by atoms with E-state index in [9.17, 15) is 0 Å². The molecule has 0 unspecified atom stereocenters. The highest BCUT2D eigenvalue weighted by molar-refractivity contribution is 5.94. The van der Waals surface area contributed by atoms with Crippen molar-refractivity contribution in [3.8, 4) is 5.75 Å². The van der Waals surface area contributed by atoms with Crippen LogP contribution in [0.5, 0.6) is 5.75 Å². The van der Waals surface area contributed by atoms with Crippen molar-refractivity contribution in [1.29, 1.82) is 0 Å². The highest BCUT2D eigenvalue weighted by atomic mass is 16.5. The minimum absolute atomic E-state index is 0.805. The number of methoxy groups -OCH3 is 1. The van der Waals surface area contributed by atoms with Crippen LogP contribution in [0.1, 0.15) is 11.3 Å². The van der Waals surface area contributed by atoms with Crippen molar-refractivity contribution >= 4 is 16.6 Å². The van der Waals surface area contributed by atoms with Crippen LogP contribution in [-0.4, -0.2) is 33.2 Å². The number of ether oxygens (including phenoxy) is 1. The zero-order chi connectivity index (χ0) is 14.0. The van der Waals surface area contributed by atoms with E-state index in [1.165, 1.54) is 11.3 Å². The molecule has 2 aromatic rings. The van der Waals surface area contributed by atoms with Gasteiger partial charge in [-0.05, 0) is 32.2 Å². The predicted octanol–water partition coefficient (Wildman–Crippen LogP) is 2.34. The summed E-state index contributed by atoms with van der Waals surface area (Å²) in [6.45, 7) is 2.86. The van der Waals surface area contributed by atoms with E-state index in [0.29, 0.717) is 0 Å². The number of hydrogen-bond donors (Lipinski definition) is 1. The van der Waals surface area contributed by atoms with Crippen molar-refractivity contribution < 1.29 is 4.74 Å². The van der Waals surface area contributed by atoms with E-state index in [4.69, 9.17) is 9.72 Å². The number of aryl methyl sites for hydroxylation is 1. The Morgan fingerprint density at radius 3 is 2.63 bits per heavy atom. The first-order valence-electron chi connectivity index (χ1n) is 6.37. The zero-order valence-electron chi connectivity index (χ0n) is 12.2. The van der Waals surface area contributed by atoms with E-state index in [2.05, 4.69) is 37.3 Å². The number of rotatable bonds is 4. The molecule has 0 radical (unpaired) electrons. The number of fused-ring (bicyclic) bond motifs is 1. The average molecular weight is 259 g/mol. The normalized spacial score (nSPS) is 10.8. The number of hydrogen-bond acceptors (Lipinski definition) is 4. The van der Waals surface area contributed by atoms with Crippen LogP contribution in [0.15, 0.2) is 18.2 Å². The fourth-order valence-corrected chi connectivity index (χ4v) is 2.41. The minimum atomic E-state index is 0.805. The molecule has 4 nitrogen and oxygen atoms in total. The van der Waals surface area contributed by atoms with Gasteiger partial charge >= 0.3 is 0 Å². The van der Waals surface area contributed by atoms with E-state index in [1.807, 2.05) is 19.2 Å². The second-order valence-electron chi connectivity index (χ2n) is 4.83. The zero-order valence-corrected chi connectivity index (χ0v) is 12.2. The maximum absolute atomic E-state index is 5.33. The number of nitrogens with zero attached hydrogens (tertiary/aromatic N) is 2. The highest BCUT2D eigenvalue weighted by Crippen LogP contribution is 2.32. The molecule has 1 aromatic heterocycles. The summed E-state index contributed by atoms with van der Waals surface area (Å²) >= 11 is 0. The standard InChI is InChI=1S/C15H21N3O/c1-10-13(9-16-2)15(18(3)4)12-8-11(19-5)6-7-14(12)17-10/h6-8,16H,9H2,1-5H3. The molecular weight excluding hydrogens is 238 g/mol. The van der Waals surface area contributed by atoms with Crippen LogP contribution in [0.3, 0.4) is 0 Å². The highest BCUT2D eigenvalue weighted by Gasteiger charge is 2.14. The van der Waals surface area contributed by atoms with Crippen LogP contribution >= 0.6 is 0 Å². The summed E-state index contributed by atoms with van der Waals surface area (Å²) in [5.74, 6) is 0.858. The molecule has 1 heterocycles. The fourth-order valence-electron chi connectivity index (χ4n) is 2.41. The number of benzene rings is 1. The number of pyridine rings is 1. The van der Waals surface area contributed by atoms with Gasteiger partial charge < -0.3 is 15.0 Å². The van der Waals surface area contributed by atoms with Gasteiger partial charge in [-0.25, -0.2) is 0 Å². The molecule has 0 saturated heterocycles. The van der Waals surface area contributed by atoms with E-state index in [0.717, 1.165) is 28.9 Å². The van der Waals surface area contributed by atoms with Gasteiger partial charge in [0.15, 0.2) is 0 Å². The van der Waals surface area contributed by atoms with Gasteiger partial charge in [-0.2, -0.15) is 0 Å². The monoisotopic (exact) mass is 259 g/mol. The molecule has 0 spiro atoms. The maximum atomic E-state index is 5.33. The Bertz CT molecular complexity index is 593. The maximum Gasteiger partial charge on any atom is 0.119 e. The number of aromatic nitrogens is 1. The van der Waals surface area contributed by atoms with Gasteiger partial charge in [-0.1, -0.05) is 0 Å². The van der Waals surface area contributed by atoms with Crippen LogP contribution in [0, 0.1) is 6.92 Å². The van der Waals surface area contributed by atoms with Crippen molar-refractivity contribution in [2.45, 2.75) is 13.5 Å². The molecule has 1 N–H and O–H groups in total. The molecular formula is C15H21N3O. The van der Waals surface area contributed by atoms with Gasteiger partial charge in [0.1, 0.15) is 5.75 Å². The third kappa shape index (κ3) is 2.49. The summed E-state index contributed by atoms with van der Waals surface area (Å²) in [6, 6.07) is 6.01. The quantitative estimate of drug-likeness (QED) is 0.914. The lowest BCUT2D eigenvalue weighted by Crippen LogP contribution is -2.17. The number of nitrogens with one attached hydrogen (secondary N) is 1. The third-order valence-corrected chi connectivity index (χ3v) is 3.27. The second-order valence-corrected chi connectivity index (χ2v) is 4.83. The van der Waals surface area contributed by atoms with Gasteiger partial charge in [0.05, 0.1) is 18.3 Å². The average Bonchev–Trinajstić information content (AvgIpc) is 2.38. The fraction of sp³-hybridized carbons (Fsp3) is 0.400. The Hall–Kier alpha value is -1.81. The molecule has 1 aromatic carbocycles. The van der Waals surface area contributed by atoms with Crippen LogP contribution < -0.4 is 15.0 Å². The Morgan fingerprint density at radius 1 is 1.32 bits per heavy atom. The van der Waals surface area contributed by atoms with Crippen molar-refractivity contribution in [2.24, 2.45) is 0 Å². The first-order chi connectivity index (χ1) is 9.08. The molecule has 0 bridgehead atoms. The summed E-state index contributed by atoms with van der Waals surface area (Å²) in [7, 11) is 7.76. The van der Waals surface area contributed by atoms with Crippen LogP contribution in [0.4, 0.5) is 5.69 Å². The van der Waals surface area contributed by atoms with E-state index >= 15 is 0 Å². The van der Waals surface area contributed by atoms with Crippen molar-refractivity contribution in [2.75, 3.05) is 33.2 Å². The van der Waals surface area contributed by atoms with E-state index < -0.39 is 0 Å². The van der Waals surface area contributed by atoms with Crippen molar-refractivity contribution in [3.05, 3.63) is 29.5 Å². The predicted molar refractivity (Wildman–Crippen MR) is 80.1 cm³/mol. The second kappa shape index (κ2) is 5.45. The smallest absolute Gasteiger partial charge is 0.119 e. The first-order valence-corrected chi connectivity index (χ1v) is 6.37. The molecule has 19 heavy (non-hydrogen) atoms. The lowest BCUT2D eigenvalue weighted by molar-refractivity contribution is 0.415. The lowest BCUT2D eigenvalue weighted by Gasteiger charge is -2.22. The van der Waals surface area contributed by atoms with Crippen LogP contribution in [0.25, 0.3) is 10.9 Å². The SMILES string of the molecule is CNCc1c(C)nc2ccc(OC)cc2c1N(C)C. The summed E-state index contributed by atoms with van der Waals surface area (Å²) in [6.07, 6.45) is 0. The molecule has 0 fully saturated rings. The molecule has 102 valence electrons. The van der Waals surface area contributed by atoms with Gasteiger partial charge in [0, 0.05) is 37.3 Å². The Morgan fingerprint density at radius 2 is 2.05 bits per heavy atom. The number of anilines is 1. The van der Waals surface area contributed by atoms with Gasteiger partial charge in [0.2, 0.25) is 0 Å². The lowest BCUT2D eigenvalue weighted by atomic mass is 10.0. The third-order valence-electron chi connectivity index (χ3n) is 3.27. The molecule has 0 aliphatic rings. The van der Waals surface area contributed by atoms with E-state index in [-0.39, 0.29) is 0 Å². The summed E-state index contributed by atoms with van der Waals surface area (Å²) in [5, 5.41) is 4.34. The minimum Gasteiger partial charge on any atom is -0.497 e. The van der Waals surface area contributed by atoms with Crippen LogP contribution in [-0.2, 0) is 6.54 Å². The first kappa shape index (κ1) is 13.6. The molecule has 4 heteroatoms. The molecule has 0 atom stereocenters. The summed E-state index contributed by atoms with van der Waals surface area (Å²) < 4.78 is 5.33. The van der Waals surface area contributed by atoms with Crippen LogP contribution in [0.2, 0.25) is 0 Å².